The minimum absolute atomic E-state index is 0.0793. The van der Waals surface area contributed by atoms with Crippen molar-refractivity contribution in [3.63, 3.8) is 0 Å². The summed E-state index contributed by atoms with van der Waals surface area (Å²) in [6.07, 6.45) is 5.85. The van der Waals surface area contributed by atoms with Gasteiger partial charge >= 0.3 is 0 Å². The van der Waals surface area contributed by atoms with Gasteiger partial charge < -0.3 is 5.11 Å². The summed E-state index contributed by atoms with van der Waals surface area (Å²) < 4.78 is 0. The molecule has 0 amide bonds. The summed E-state index contributed by atoms with van der Waals surface area (Å²) >= 11 is 0. The minimum Gasteiger partial charge on any atom is -0.389 e. The van der Waals surface area contributed by atoms with Crippen LogP contribution >= 0.6 is 0 Å². The minimum atomic E-state index is -0.539. The van der Waals surface area contributed by atoms with Gasteiger partial charge in [0.15, 0.2) is 5.78 Å². The van der Waals surface area contributed by atoms with E-state index >= 15 is 0 Å². The number of aliphatic hydroxyl groups is 1. The topological polar surface area (TPSA) is 37.3 Å². The van der Waals surface area contributed by atoms with E-state index in [2.05, 4.69) is 0 Å². The molecule has 0 aromatic carbocycles. The summed E-state index contributed by atoms with van der Waals surface area (Å²) in [6.45, 7) is 1.91. The summed E-state index contributed by atoms with van der Waals surface area (Å²) in [6, 6.07) is 0. The fraction of sp³-hybridized carbons (Fsp3) is 0.444. The zero-order valence-corrected chi connectivity index (χ0v) is 6.58. The normalized spacial score (nSPS) is 24.7. The first-order chi connectivity index (χ1) is 5.24. The molecule has 0 spiro atoms. The fourth-order valence-electron chi connectivity index (χ4n) is 1.13. The van der Waals surface area contributed by atoms with Crippen molar-refractivity contribution in [3.8, 4) is 0 Å². The third kappa shape index (κ3) is 2.02. The van der Waals surface area contributed by atoms with Crippen LogP contribution in [0.3, 0.4) is 0 Å². The van der Waals surface area contributed by atoms with E-state index in [0.29, 0.717) is 6.42 Å². The van der Waals surface area contributed by atoms with Gasteiger partial charge in [0.1, 0.15) is 0 Å². The highest BCUT2D eigenvalue weighted by Gasteiger charge is 2.20. The van der Waals surface area contributed by atoms with Crippen molar-refractivity contribution in [2.75, 3.05) is 0 Å². The third-order valence-corrected chi connectivity index (χ3v) is 1.72. The number of rotatable bonds is 2. The van der Waals surface area contributed by atoms with Crippen LogP contribution in [-0.4, -0.2) is 17.0 Å². The molecule has 0 radical (unpaired) electrons. The first-order valence-electron chi connectivity index (χ1n) is 3.77. The smallest absolute Gasteiger partial charge is 0.161 e. The van der Waals surface area contributed by atoms with Crippen LogP contribution in [0.2, 0.25) is 0 Å². The summed E-state index contributed by atoms with van der Waals surface area (Å²) in [4.78, 5) is 11.0. The highest BCUT2D eigenvalue weighted by molar-refractivity contribution is 5.98. The maximum Gasteiger partial charge on any atom is 0.161 e. The molecule has 2 heteroatoms. The van der Waals surface area contributed by atoms with Crippen LogP contribution in [0.5, 0.6) is 0 Å². The number of Topliss-reactive ketones (excluding diaryl/α,β-unsaturated/α-hetero) is 1. The molecule has 0 aromatic rings. The first-order valence-corrected chi connectivity index (χ1v) is 3.77. The van der Waals surface area contributed by atoms with E-state index in [1.165, 1.54) is 0 Å². The van der Waals surface area contributed by atoms with Gasteiger partial charge in [-0.2, -0.15) is 0 Å². The molecule has 1 aliphatic carbocycles. The molecular formula is C9H12O2. The molecule has 0 fully saturated rings. The number of hydrogen-bond donors (Lipinski definition) is 1. The Labute approximate surface area is 66.2 Å². The van der Waals surface area contributed by atoms with Gasteiger partial charge in [0, 0.05) is 6.42 Å². The first kappa shape index (κ1) is 8.21. The highest BCUT2D eigenvalue weighted by Crippen LogP contribution is 2.17. The Balaban J connectivity index is 2.57. The lowest BCUT2D eigenvalue weighted by Crippen LogP contribution is -2.00. The van der Waals surface area contributed by atoms with Crippen molar-refractivity contribution in [1.82, 2.24) is 0 Å². The molecule has 0 bridgehead atoms. The van der Waals surface area contributed by atoms with Crippen molar-refractivity contribution >= 4 is 5.78 Å². The molecule has 11 heavy (non-hydrogen) atoms. The zero-order valence-electron chi connectivity index (χ0n) is 6.58. The number of hydrogen-bond acceptors (Lipinski definition) is 2. The van der Waals surface area contributed by atoms with Crippen LogP contribution in [-0.2, 0) is 4.79 Å². The predicted molar refractivity (Wildman–Crippen MR) is 43.1 cm³/mol. The molecule has 1 unspecified atom stereocenters. The van der Waals surface area contributed by atoms with E-state index in [1.807, 2.05) is 19.1 Å². The summed E-state index contributed by atoms with van der Waals surface area (Å²) in [5, 5.41) is 9.05. The molecule has 1 rings (SSSR count). The second-order valence-electron chi connectivity index (χ2n) is 2.66. The van der Waals surface area contributed by atoms with Gasteiger partial charge in [-0.1, -0.05) is 12.2 Å². The van der Waals surface area contributed by atoms with Gasteiger partial charge in [-0.25, -0.2) is 0 Å². The molecule has 1 N–H and O–H groups in total. The summed E-state index contributed by atoms with van der Waals surface area (Å²) in [5.74, 6) is 0.0793. The lowest BCUT2D eigenvalue weighted by Gasteiger charge is -1.91. The van der Waals surface area contributed by atoms with Crippen molar-refractivity contribution in [3.05, 3.63) is 23.8 Å². The Morgan fingerprint density at radius 2 is 2.55 bits per heavy atom. The Bertz CT molecular complexity index is 214. The molecule has 1 aliphatic rings. The molecule has 0 saturated heterocycles. The maximum atomic E-state index is 11.0. The van der Waals surface area contributed by atoms with Gasteiger partial charge in [0.25, 0.3) is 0 Å². The quantitative estimate of drug-likeness (QED) is 0.604. The van der Waals surface area contributed by atoms with E-state index in [1.54, 1.807) is 6.08 Å². The van der Waals surface area contributed by atoms with Crippen molar-refractivity contribution in [2.24, 2.45) is 0 Å². The number of allylic oxidation sites excluding steroid dienone is 3. The van der Waals surface area contributed by atoms with Gasteiger partial charge in [-0.05, 0) is 25.0 Å². The molecule has 0 saturated carbocycles. The van der Waals surface area contributed by atoms with E-state index in [-0.39, 0.29) is 12.2 Å². The van der Waals surface area contributed by atoms with Crippen LogP contribution in [0.4, 0.5) is 0 Å². The third-order valence-electron chi connectivity index (χ3n) is 1.72. The number of carbonyl (C=O) groups is 1. The van der Waals surface area contributed by atoms with Gasteiger partial charge in [0.05, 0.1) is 6.10 Å². The van der Waals surface area contributed by atoms with Crippen molar-refractivity contribution in [1.29, 1.82) is 0 Å². The SMILES string of the molecule is CC=CCC1=CC(O)CC1=O. The number of ketones is 1. The Hall–Kier alpha value is -0.890. The molecular weight excluding hydrogens is 140 g/mol. The van der Waals surface area contributed by atoms with Crippen molar-refractivity contribution < 1.29 is 9.90 Å². The standard InChI is InChI=1S/C9H12O2/c1-2-3-4-7-5-8(10)6-9(7)11/h2-3,5,8,10H,4,6H2,1H3. The van der Waals surface area contributed by atoms with E-state index < -0.39 is 6.10 Å². The number of carbonyl (C=O) groups excluding carboxylic acids is 1. The highest BCUT2D eigenvalue weighted by atomic mass is 16.3. The average molecular weight is 152 g/mol. The van der Waals surface area contributed by atoms with Crippen LogP contribution in [0, 0.1) is 0 Å². The lowest BCUT2D eigenvalue weighted by molar-refractivity contribution is -0.115. The molecule has 0 aromatic heterocycles. The number of aliphatic hydroxyl groups excluding tert-OH is 1. The van der Waals surface area contributed by atoms with Gasteiger partial charge in [-0.15, -0.1) is 0 Å². The molecule has 2 nitrogen and oxygen atoms in total. The zero-order chi connectivity index (χ0) is 8.27. The van der Waals surface area contributed by atoms with Gasteiger partial charge in [-0.3, -0.25) is 4.79 Å². The average Bonchev–Trinajstić information content (AvgIpc) is 2.26. The maximum absolute atomic E-state index is 11.0. The van der Waals surface area contributed by atoms with E-state index in [0.717, 1.165) is 5.57 Å². The van der Waals surface area contributed by atoms with E-state index in [9.17, 15) is 4.79 Å². The van der Waals surface area contributed by atoms with Crippen LogP contribution in [0.25, 0.3) is 0 Å². The second-order valence-corrected chi connectivity index (χ2v) is 2.66. The Morgan fingerprint density at radius 3 is 3.00 bits per heavy atom. The fourth-order valence-corrected chi connectivity index (χ4v) is 1.13. The van der Waals surface area contributed by atoms with E-state index in [4.69, 9.17) is 5.11 Å². The van der Waals surface area contributed by atoms with Crippen LogP contribution < -0.4 is 0 Å². The molecule has 0 aliphatic heterocycles. The molecule has 1 atom stereocenters. The van der Waals surface area contributed by atoms with Crippen LogP contribution in [0.15, 0.2) is 23.8 Å². The molecule has 60 valence electrons. The predicted octanol–water partition coefficient (Wildman–Crippen LogP) is 1.21. The second kappa shape index (κ2) is 3.49. The monoisotopic (exact) mass is 152 g/mol. The van der Waals surface area contributed by atoms with Crippen molar-refractivity contribution in [2.45, 2.75) is 25.9 Å². The summed E-state index contributed by atoms with van der Waals surface area (Å²) in [5.41, 5.74) is 0.746. The largest absolute Gasteiger partial charge is 0.389 e. The Morgan fingerprint density at radius 1 is 1.82 bits per heavy atom. The lowest BCUT2D eigenvalue weighted by atomic mass is 10.1. The molecule has 0 heterocycles. The van der Waals surface area contributed by atoms with Crippen LogP contribution in [0.1, 0.15) is 19.8 Å². The van der Waals surface area contributed by atoms with Gasteiger partial charge in [0.2, 0.25) is 0 Å². The Kier molecular flexibility index (Phi) is 2.60. The summed E-state index contributed by atoms with van der Waals surface area (Å²) in [7, 11) is 0.